The maximum absolute atomic E-state index is 12.1. The second kappa shape index (κ2) is 6.08. The second-order valence-corrected chi connectivity index (χ2v) is 5.38. The number of unbranched alkanes of at least 4 members (excludes halogenated alkanes) is 1. The largest absolute Gasteiger partial charge is 0.494 e. The number of nitrogens with zero attached hydrogens (tertiary/aromatic N) is 2. The van der Waals surface area contributed by atoms with Gasteiger partial charge in [0.2, 0.25) is 5.88 Å². The van der Waals surface area contributed by atoms with E-state index in [-0.39, 0.29) is 11.4 Å². The number of rotatable bonds is 4. The van der Waals surface area contributed by atoms with Crippen molar-refractivity contribution in [3.63, 3.8) is 0 Å². The standard InChI is InChI=1S/C17H17N3O3/c1-2-3-8-20-16(22)13(15(21)19-17(20)23)9-11-10-18-14-7-5-4-6-12(11)14/h4-7,9-10,22H,2-3,8H2,1H3,(H,19,21,23). The molecule has 0 bridgehead atoms. The maximum Gasteiger partial charge on any atom is 0.331 e. The van der Waals surface area contributed by atoms with Crippen molar-refractivity contribution >= 4 is 23.6 Å². The number of fused-ring (bicyclic) bond motifs is 1. The molecule has 0 fully saturated rings. The van der Waals surface area contributed by atoms with Crippen LogP contribution in [0.25, 0.3) is 11.6 Å². The van der Waals surface area contributed by atoms with Crippen LogP contribution < -0.4 is 11.2 Å². The third-order valence-electron chi connectivity index (χ3n) is 3.80. The lowest BCUT2D eigenvalue weighted by atomic mass is 10.1. The summed E-state index contributed by atoms with van der Waals surface area (Å²) in [6, 6.07) is 7.54. The number of aromatic nitrogens is 2. The molecule has 1 aliphatic heterocycles. The first kappa shape index (κ1) is 15.0. The van der Waals surface area contributed by atoms with Crippen LogP contribution in [0, 0.1) is 0 Å². The van der Waals surface area contributed by atoms with Crippen molar-refractivity contribution in [3.8, 4) is 5.88 Å². The van der Waals surface area contributed by atoms with Gasteiger partial charge in [-0.25, -0.2) is 4.79 Å². The van der Waals surface area contributed by atoms with Crippen molar-refractivity contribution in [1.29, 1.82) is 0 Å². The zero-order valence-corrected chi connectivity index (χ0v) is 12.7. The lowest BCUT2D eigenvalue weighted by molar-refractivity contribution is 0.394. The van der Waals surface area contributed by atoms with Gasteiger partial charge in [0.05, 0.1) is 5.69 Å². The van der Waals surface area contributed by atoms with Crippen molar-refractivity contribution in [2.45, 2.75) is 26.3 Å². The summed E-state index contributed by atoms with van der Waals surface area (Å²) in [5.74, 6) is -0.308. The monoisotopic (exact) mass is 311 g/mol. The van der Waals surface area contributed by atoms with Gasteiger partial charge in [0.1, 0.15) is 5.56 Å². The predicted octanol–water partition coefficient (Wildman–Crippen LogP) is 2.30. The van der Waals surface area contributed by atoms with Crippen LogP contribution >= 0.6 is 0 Å². The Labute approximate surface area is 132 Å². The SMILES string of the molecule is CCCCn1c(O)c(C=C2C=Nc3ccccc32)c(=O)[nH]c1=O. The lowest BCUT2D eigenvalue weighted by Gasteiger charge is -2.09. The first-order chi connectivity index (χ1) is 11.1. The average Bonchev–Trinajstić information content (AvgIpc) is 2.94. The molecule has 0 saturated heterocycles. The van der Waals surface area contributed by atoms with E-state index in [9.17, 15) is 14.7 Å². The van der Waals surface area contributed by atoms with E-state index in [1.54, 1.807) is 12.3 Å². The Morgan fingerprint density at radius 3 is 2.87 bits per heavy atom. The number of hydrogen-bond donors (Lipinski definition) is 2. The molecule has 118 valence electrons. The highest BCUT2D eigenvalue weighted by Crippen LogP contribution is 2.32. The third-order valence-corrected chi connectivity index (χ3v) is 3.80. The highest BCUT2D eigenvalue weighted by Gasteiger charge is 2.16. The third kappa shape index (κ3) is 2.75. The Morgan fingerprint density at radius 2 is 2.09 bits per heavy atom. The lowest BCUT2D eigenvalue weighted by Crippen LogP contribution is -2.31. The van der Waals surface area contributed by atoms with E-state index in [1.807, 2.05) is 31.2 Å². The summed E-state index contributed by atoms with van der Waals surface area (Å²) < 4.78 is 1.19. The Bertz CT molecular complexity index is 919. The molecule has 1 aromatic carbocycles. The molecule has 0 amide bonds. The molecule has 3 rings (SSSR count). The van der Waals surface area contributed by atoms with E-state index in [0.717, 1.165) is 29.7 Å². The molecule has 0 unspecified atom stereocenters. The van der Waals surface area contributed by atoms with E-state index >= 15 is 0 Å². The number of allylic oxidation sites excluding steroid dienone is 1. The number of nitrogens with one attached hydrogen (secondary N) is 1. The van der Waals surface area contributed by atoms with Gasteiger partial charge in [-0.1, -0.05) is 31.5 Å². The molecule has 2 heterocycles. The predicted molar refractivity (Wildman–Crippen MR) is 90.4 cm³/mol. The van der Waals surface area contributed by atoms with Crippen molar-refractivity contribution in [2.24, 2.45) is 4.99 Å². The van der Waals surface area contributed by atoms with E-state index in [1.165, 1.54) is 4.57 Å². The number of hydrogen-bond acceptors (Lipinski definition) is 4. The highest BCUT2D eigenvalue weighted by molar-refractivity contribution is 6.21. The Morgan fingerprint density at radius 1 is 1.30 bits per heavy atom. The quantitative estimate of drug-likeness (QED) is 0.908. The summed E-state index contributed by atoms with van der Waals surface area (Å²) in [6.45, 7) is 2.35. The molecule has 2 N–H and O–H groups in total. The molecule has 1 aliphatic rings. The normalized spacial score (nSPS) is 14.4. The van der Waals surface area contributed by atoms with Gasteiger partial charge in [0.15, 0.2) is 0 Å². The van der Waals surface area contributed by atoms with Crippen LogP contribution in [0.1, 0.15) is 30.9 Å². The minimum absolute atomic E-state index is 0.0684. The van der Waals surface area contributed by atoms with Gasteiger partial charge in [-0.05, 0) is 18.6 Å². The molecule has 0 aliphatic carbocycles. The van der Waals surface area contributed by atoms with Gasteiger partial charge >= 0.3 is 5.69 Å². The molecular formula is C17H17N3O3. The van der Waals surface area contributed by atoms with Crippen LogP contribution in [0.5, 0.6) is 5.88 Å². The van der Waals surface area contributed by atoms with Gasteiger partial charge in [-0.15, -0.1) is 0 Å². The van der Waals surface area contributed by atoms with Crippen LogP contribution in [0.2, 0.25) is 0 Å². The first-order valence-corrected chi connectivity index (χ1v) is 7.53. The molecule has 6 nitrogen and oxygen atoms in total. The summed E-state index contributed by atoms with van der Waals surface area (Å²) >= 11 is 0. The summed E-state index contributed by atoms with van der Waals surface area (Å²) in [5.41, 5.74) is 1.29. The number of H-pyrrole nitrogens is 1. The second-order valence-electron chi connectivity index (χ2n) is 5.38. The number of benzene rings is 1. The summed E-state index contributed by atoms with van der Waals surface area (Å²) in [5, 5.41) is 10.3. The Hall–Kier alpha value is -2.89. The summed E-state index contributed by atoms with van der Waals surface area (Å²) in [7, 11) is 0. The minimum Gasteiger partial charge on any atom is -0.494 e. The van der Waals surface area contributed by atoms with E-state index in [0.29, 0.717) is 6.54 Å². The number of para-hydroxylation sites is 1. The molecule has 0 atom stereocenters. The van der Waals surface area contributed by atoms with Crippen LogP contribution in [-0.4, -0.2) is 20.9 Å². The van der Waals surface area contributed by atoms with Gasteiger partial charge in [0.25, 0.3) is 5.56 Å². The zero-order chi connectivity index (χ0) is 16.4. The number of aliphatic imine (C=N–C) groups is 1. The van der Waals surface area contributed by atoms with Crippen LogP contribution in [-0.2, 0) is 6.54 Å². The molecule has 0 saturated carbocycles. The Kier molecular flexibility index (Phi) is 3.97. The van der Waals surface area contributed by atoms with Gasteiger partial charge < -0.3 is 5.11 Å². The first-order valence-electron chi connectivity index (χ1n) is 7.53. The maximum atomic E-state index is 12.1. The molecule has 0 radical (unpaired) electrons. The fourth-order valence-corrected chi connectivity index (χ4v) is 2.54. The molecule has 6 heteroatoms. The molecule has 2 aromatic rings. The average molecular weight is 311 g/mol. The molecule has 0 spiro atoms. The zero-order valence-electron chi connectivity index (χ0n) is 12.7. The summed E-state index contributed by atoms with van der Waals surface area (Å²) in [4.78, 5) is 30.5. The fraction of sp³-hybridized carbons (Fsp3) is 0.235. The Balaban J connectivity index is 2.11. The van der Waals surface area contributed by atoms with Gasteiger partial charge in [0, 0.05) is 23.9 Å². The van der Waals surface area contributed by atoms with E-state index < -0.39 is 11.2 Å². The summed E-state index contributed by atoms with van der Waals surface area (Å²) in [6.07, 6.45) is 4.82. The van der Waals surface area contributed by atoms with Crippen molar-refractivity contribution in [1.82, 2.24) is 9.55 Å². The van der Waals surface area contributed by atoms with Crippen molar-refractivity contribution in [3.05, 3.63) is 56.2 Å². The van der Waals surface area contributed by atoms with Gasteiger partial charge in [-0.2, -0.15) is 0 Å². The van der Waals surface area contributed by atoms with Crippen LogP contribution in [0.15, 0.2) is 38.8 Å². The number of aromatic hydroxyl groups is 1. The van der Waals surface area contributed by atoms with Crippen LogP contribution in [0.3, 0.4) is 0 Å². The molecule has 1 aromatic heterocycles. The number of aromatic amines is 1. The molecular weight excluding hydrogens is 294 g/mol. The fourth-order valence-electron chi connectivity index (χ4n) is 2.54. The van der Waals surface area contributed by atoms with Crippen molar-refractivity contribution < 1.29 is 5.11 Å². The van der Waals surface area contributed by atoms with E-state index in [2.05, 4.69) is 9.98 Å². The van der Waals surface area contributed by atoms with E-state index in [4.69, 9.17) is 0 Å². The topological polar surface area (TPSA) is 87.4 Å². The smallest absolute Gasteiger partial charge is 0.331 e. The molecule has 23 heavy (non-hydrogen) atoms. The minimum atomic E-state index is -0.606. The highest BCUT2D eigenvalue weighted by atomic mass is 16.3. The van der Waals surface area contributed by atoms with Crippen molar-refractivity contribution in [2.75, 3.05) is 0 Å². The van der Waals surface area contributed by atoms with Gasteiger partial charge in [-0.3, -0.25) is 19.3 Å². The van der Waals surface area contributed by atoms with Crippen LogP contribution in [0.4, 0.5) is 5.69 Å².